The molecule has 0 saturated carbocycles. The van der Waals surface area contributed by atoms with Gasteiger partial charge in [-0.05, 0) is 32.9 Å². The Bertz CT molecular complexity index is 546. The summed E-state index contributed by atoms with van der Waals surface area (Å²) in [7, 11) is 0. The molecule has 0 spiro atoms. The number of amides is 1. The lowest BCUT2D eigenvalue weighted by Gasteiger charge is -2.38. The van der Waals surface area contributed by atoms with E-state index in [0.29, 0.717) is 6.54 Å². The number of nitrogens with zero attached hydrogens (tertiary/aromatic N) is 3. The minimum absolute atomic E-state index is 0.0680. The number of piperidine rings is 1. The van der Waals surface area contributed by atoms with Crippen LogP contribution in [0.4, 0.5) is 13.2 Å². The van der Waals surface area contributed by atoms with E-state index in [0.717, 1.165) is 25.9 Å². The van der Waals surface area contributed by atoms with E-state index in [9.17, 15) is 18.0 Å². The molecule has 130 valence electrons. The zero-order valence-electron chi connectivity index (χ0n) is 13.2. The summed E-state index contributed by atoms with van der Waals surface area (Å²) >= 11 is 0. The highest BCUT2D eigenvalue weighted by Gasteiger charge is 2.39. The van der Waals surface area contributed by atoms with Crippen LogP contribution in [0.1, 0.15) is 38.4 Å². The Morgan fingerprint density at radius 2 is 2.22 bits per heavy atom. The molecular formula is C14H21F3N4O2. The topological polar surface area (TPSA) is 71.3 Å². The summed E-state index contributed by atoms with van der Waals surface area (Å²) in [6.45, 7) is 6.72. The van der Waals surface area contributed by atoms with Gasteiger partial charge in [-0.15, -0.1) is 0 Å². The van der Waals surface area contributed by atoms with Crippen LogP contribution in [0.2, 0.25) is 0 Å². The fourth-order valence-electron chi connectivity index (χ4n) is 2.77. The molecule has 1 aromatic rings. The number of aromatic nitrogens is 2. The predicted octanol–water partition coefficient (Wildman–Crippen LogP) is 1.87. The van der Waals surface area contributed by atoms with Gasteiger partial charge in [0.05, 0.1) is 5.41 Å². The van der Waals surface area contributed by atoms with Crippen LogP contribution in [-0.2, 0) is 17.4 Å². The number of likely N-dealkylation sites (tertiary alicyclic amines) is 1. The lowest BCUT2D eigenvalue weighted by atomic mass is 9.81. The van der Waals surface area contributed by atoms with Crippen molar-refractivity contribution in [3.05, 3.63) is 11.7 Å². The number of alkyl halides is 3. The van der Waals surface area contributed by atoms with E-state index in [1.54, 1.807) is 0 Å². The van der Waals surface area contributed by atoms with E-state index in [1.807, 2.05) is 6.92 Å². The molecular weight excluding hydrogens is 313 g/mol. The average molecular weight is 334 g/mol. The summed E-state index contributed by atoms with van der Waals surface area (Å²) in [5.41, 5.74) is -0.470. The Morgan fingerprint density at radius 3 is 2.83 bits per heavy atom. The van der Waals surface area contributed by atoms with E-state index < -0.39 is 17.5 Å². The number of hydrogen-bond donors (Lipinski definition) is 1. The van der Waals surface area contributed by atoms with Crippen LogP contribution in [0.5, 0.6) is 0 Å². The molecule has 0 aliphatic carbocycles. The summed E-state index contributed by atoms with van der Waals surface area (Å²) in [6, 6.07) is 0. The summed E-state index contributed by atoms with van der Waals surface area (Å²) < 4.78 is 41.2. The zero-order chi connectivity index (χ0) is 17.1. The van der Waals surface area contributed by atoms with Gasteiger partial charge in [-0.25, -0.2) is 0 Å². The Balaban J connectivity index is 1.83. The Hall–Kier alpha value is -1.64. The molecule has 9 heteroatoms. The number of carbonyl (C=O) groups is 1. The van der Waals surface area contributed by atoms with Gasteiger partial charge >= 0.3 is 12.1 Å². The largest absolute Gasteiger partial charge is 0.471 e. The molecule has 0 aromatic carbocycles. The second kappa shape index (κ2) is 6.86. The highest BCUT2D eigenvalue weighted by molar-refractivity contribution is 5.82. The second-order valence-electron chi connectivity index (χ2n) is 6.05. The van der Waals surface area contributed by atoms with Crippen LogP contribution in [0, 0.1) is 5.41 Å². The van der Waals surface area contributed by atoms with E-state index in [2.05, 4.69) is 31.8 Å². The molecule has 1 aliphatic rings. The third-order valence-electron chi connectivity index (χ3n) is 4.12. The van der Waals surface area contributed by atoms with Gasteiger partial charge in [-0.1, -0.05) is 12.1 Å². The van der Waals surface area contributed by atoms with Gasteiger partial charge in [0.1, 0.15) is 0 Å². The normalized spacial score (nSPS) is 23.0. The third kappa shape index (κ3) is 4.43. The van der Waals surface area contributed by atoms with Crippen molar-refractivity contribution in [1.82, 2.24) is 20.4 Å². The SMILES string of the molecule is CCN1CCC[C@@](C)(C(=O)NCCc2noc(C(F)(F)F)n2)C1. The zero-order valence-corrected chi connectivity index (χ0v) is 13.2. The molecule has 0 radical (unpaired) electrons. The van der Waals surface area contributed by atoms with Gasteiger partial charge in [0, 0.05) is 19.5 Å². The molecule has 6 nitrogen and oxygen atoms in total. The summed E-state index contributed by atoms with van der Waals surface area (Å²) in [4.78, 5) is 17.8. The van der Waals surface area contributed by atoms with Crippen molar-refractivity contribution in [2.24, 2.45) is 5.41 Å². The molecule has 1 aliphatic heterocycles. The number of halogens is 3. The van der Waals surface area contributed by atoms with Gasteiger partial charge in [-0.2, -0.15) is 18.2 Å². The van der Waals surface area contributed by atoms with Crippen molar-refractivity contribution in [2.75, 3.05) is 26.2 Å². The molecule has 1 atom stereocenters. The van der Waals surface area contributed by atoms with Gasteiger partial charge in [0.2, 0.25) is 5.91 Å². The highest BCUT2D eigenvalue weighted by atomic mass is 19.4. The van der Waals surface area contributed by atoms with Crippen LogP contribution in [0.15, 0.2) is 4.52 Å². The van der Waals surface area contributed by atoms with E-state index in [1.165, 1.54) is 0 Å². The van der Waals surface area contributed by atoms with Crippen molar-refractivity contribution in [3.63, 3.8) is 0 Å². The molecule has 1 aromatic heterocycles. The van der Waals surface area contributed by atoms with E-state index in [-0.39, 0.29) is 24.7 Å². The van der Waals surface area contributed by atoms with E-state index in [4.69, 9.17) is 0 Å². The first kappa shape index (κ1) is 17.7. The van der Waals surface area contributed by atoms with Crippen molar-refractivity contribution in [2.45, 2.75) is 39.3 Å². The molecule has 2 heterocycles. The quantitative estimate of drug-likeness (QED) is 0.890. The number of nitrogens with one attached hydrogen (secondary N) is 1. The van der Waals surface area contributed by atoms with Crippen molar-refractivity contribution >= 4 is 5.91 Å². The Morgan fingerprint density at radius 1 is 1.48 bits per heavy atom. The van der Waals surface area contributed by atoms with E-state index >= 15 is 0 Å². The standard InChI is InChI=1S/C14H21F3N4O2/c1-3-21-8-4-6-13(2,9-21)11(22)18-7-5-10-19-12(23-20-10)14(15,16)17/h3-9H2,1-2H3,(H,18,22)/t13-/m1/s1. The van der Waals surface area contributed by atoms with Gasteiger partial charge in [-0.3, -0.25) is 4.79 Å². The minimum Gasteiger partial charge on any atom is -0.355 e. The molecule has 23 heavy (non-hydrogen) atoms. The fourth-order valence-corrected chi connectivity index (χ4v) is 2.77. The van der Waals surface area contributed by atoms with Gasteiger partial charge < -0.3 is 14.7 Å². The van der Waals surface area contributed by atoms with Crippen molar-refractivity contribution < 1.29 is 22.5 Å². The minimum atomic E-state index is -4.65. The first-order chi connectivity index (χ1) is 10.7. The summed E-state index contributed by atoms with van der Waals surface area (Å²) in [5.74, 6) is -1.52. The Kier molecular flexibility index (Phi) is 5.28. The van der Waals surface area contributed by atoms with Crippen LogP contribution in [-0.4, -0.2) is 47.1 Å². The molecule has 1 N–H and O–H groups in total. The molecule has 1 saturated heterocycles. The van der Waals surface area contributed by atoms with Crippen LogP contribution < -0.4 is 5.32 Å². The molecule has 2 rings (SSSR count). The lowest BCUT2D eigenvalue weighted by molar-refractivity contribution is -0.159. The first-order valence-electron chi connectivity index (χ1n) is 7.65. The summed E-state index contributed by atoms with van der Waals surface area (Å²) in [5, 5.41) is 6.03. The molecule has 0 unspecified atom stereocenters. The third-order valence-corrected chi connectivity index (χ3v) is 4.12. The number of rotatable bonds is 5. The maximum atomic E-state index is 12.4. The maximum Gasteiger partial charge on any atom is 0.471 e. The average Bonchev–Trinajstić information content (AvgIpc) is 2.96. The highest BCUT2D eigenvalue weighted by Crippen LogP contribution is 2.29. The summed E-state index contributed by atoms with van der Waals surface area (Å²) in [6.07, 6.45) is -2.79. The van der Waals surface area contributed by atoms with Crippen LogP contribution in [0.25, 0.3) is 0 Å². The smallest absolute Gasteiger partial charge is 0.355 e. The van der Waals surface area contributed by atoms with Crippen LogP contribution >= 0.6 is 0 Å². The monoisotopic (exact) mass is 334 g/mol. The first-order valence-corrected chi connectivity index (χ1v) is 7.65. The fraction of sp³-hybridized carbons (Fsp3) is 0.786. The second-order valence-corrected chi connectivity index (χ2v) is 6.05. The molecule has 1 amide bonds. The molecule has 0 bridgehead atoms. The number of hydrogen-bond acceptors (Lipinski definition) is 5. The van der Waals surface area contributed by atoms with Crippen LogP contribution in [0.3, 0.4) is 0 Å². The maximum absolute atomic E-state index is 12.4. The van der Waals surface area contributed by atoms with Crippen molar-refractivity contribution in [1.29, 1.82) is 0 Å². The van der Waals surface area contributed by atoms with Gasteiger partial charge in [0.25, 0.3) is 0 Å². The molecule has 1 fully saturated rings. The lowest BCUT2D eigenvalue weighted by Crippen LogP contribution is -2.50. The Labute approximate surface area is 132 Å². The predicted molar refractivity (Wildman–Crippen MR) is 75.5 cm³/mol. The van der Waals surface area contributed by atoms with Gasteiger partial charge in [0.15, 0.2) is 5.82 Å². The number of carbonyl (C=O) groups excluding carboxylic acids is 1. The van der Waals surface area contributed by atoms with Crippen molar-refractivity contribution in [3.8, 4) is 0 Å².